The molecule has 0 radical (unpaired) electrons. The molecule has 1 aromatic rings. The maximum atomic E-state index is 11.1. The van der Waals surface area contributed by atoms with Gasteiger partial charge in [0.05, 0.1) is 23.4 Å². The first kappa shape index (κ1) is 12.3. The molecule has 6 heteroatoms. The minimum absolute atomic E-state index is 0.0978. The van der Waals surface area contributed by atoms with Crippen LogP contribution in [0.15, 0.2) is 11.1 Å². The highest BCUT2D eigenvalue weighted by Gasteiger charge is 2.24. The molecule has 0 aliphatic carbocycles. The van der Waals surface area contributed by atoms with Crippen molar-refractivity contribution >= 4 is 17.7 Å². The van der Waals surface area contributed by atoms with E-state index in [1.165, 1.54) is 11.8 Å². The smallest absolute Gasteiger partial charge is 0.355 e. The highest BCUT2D eigenvalue weighted by atomic mass is 32.2. The molecule has 0 amide bonds. The predicted octanol–water partition coefficient (Wildman–Crippen LogP) is 1.79. The molecule has 1 saturated heterocycles. The van der Waals surface area contributed by atoms with Crippen LogP contribution in [-0.4, -0.2) is 39.5 Å². The molecule has 17 heavy (non-hydrogen) atoms. The average molecular weight is 254 g/mol. The Hall–Kier alpha value is -1.14. The number of hydrogen-bond acceptors (Lipinski definition) is 5. The molecule has 0 bridgehead atoms. The Kier molecular flexibility index (Phi) is 3.63. The van der Waals surface area contributed by atoms with Gasteiger partial charge in [0.1, 0.15) is 5.82 Å². The van der Waals surface area contributed by atoms with Gasteiger partial charge in [0.25, 0.3) is 0 Å². The number of rotatable bonds is 4. The van der Waals surface area contributed by atoms with Crippen LogP contribution in [0, 0.1) is 0 Å². The lowest BCUT2D eigenvalue weighted by Gasteiger charge is -2.25. The van der Waals surface area contributed by atoms with Crippen LogP contribution in [-0.2, 0) is 4.74 Å². The molecule has 0 unspecified atom stereocenters. The van der Waals surface area contributed by atoms with Crippen LogP contribution in [0.25, 0.3) is 0 Å². The largest absolute Gasteiger partial charge is 0.476 e. The summed E-state index contributed by atoms with van der Waals surface area (Å²) in [5, 5.41) is 9.46. The number of carbonyl (C=O) groups is 1. The van der Waals surface area contributed by atoms with Gasteiger partial charge in [-0.05, 0) is 0 Å². The van der Waals surface area contributed by atoms with Crippen LogP contribution in [0.1, 0.15) is 36.1 Å². The Morgan fingerprint density at radius 3 is 2.76 bits per heavy atom. The Morgan fingerprint density at radius 2 is 2.29 bits per heavy atom. The normalized spacial score (nSPS) is 15.9. The second-order valence-corrected chi connectivity index (χ2v) is 5.52. The van der Waals surface area contributed by atoms with Gasteiger partial charge < -0.3 is 9.84 Å². The van der Waals surface area contributed by atoms with Gasteiger partial charge >= 0.3 is 5.97 Å². The zero-order valence-corrected chi connectivity index (χ0v) is 10.5. The molecule has 2 heterocycles. The van der Waals surface area contributed by atoms with Crippen molar-refractivity contribution in [1.29, 1.82) is 0 Å². The van der Waals surface area contributed by atoms with Crippen LogP contribution in [0.5, 0.6) is 0 Å². The lowest BCUT2D eigenvalue weighted by Crippen LogP contribution is -2.30. The minimum Gasteiger partial charge on any atom is -0.476 e. The molecule has 1 fully saturated rings. The Labute approximate surface area is 104 Å². The summed E-state index contributed by atoms with van der Waals surface area (Å²) in [5.41, 5.74) is 0.0978. The summed E-state index contributed by atoms with van der Waals surface area (Å²) < 4.78 is 5.06. The number of thioether (sulfide) groups is 1. The molecule has 1 aromatic heterocycles. The fourth-order valence-corrected chi connectivity index (χ4v) is 2.41. The van der Waals surface area contributed by atoms with Gasteiger partial charge in [-0.25, -0.2) is 14.8 Å². The molecule has 5 nitrogen and oxygen atoms in total. The molecule has 0 atom stereocenters. The number of carboxylic acid groups (broad SMARTS) is 1. The van der Waals surface area contributed by atoms with Gasteiger partial charge in [0, 0.05) is 12.1 Å². The van der Waals surface area contributed by atoms with E-state index in [0.717, 1.165) is 0 Å². The van der Waals surface area contributed by atoms with E-state index in [2.05, 4.69) is 9.97 Å². The third-order valence-corrected chi connectivity index (χ3v) is 3.55. The zero-order chi connectivity index (χ0) is 12.4. The van der Waals surface area contributed by atoms with E-state index in [1.807, 2.05) is 13.8 Å². The van der Waals surface area contributed by atoms with E-state index in [9.17, 15) is 4.79 Å². The van der Waals surface area contributed by atoms with Crippen molar-refractivity contribution in [1.82, 2.24) is 9.97 Å². The Balaban J connectivity index is 2.26. The average Bonchev–Trinajstić information content (AvgIpc) is 2.23. The van der Waals surface area contributed by atoms with Crippen molar-refractivity contribution < 1.29 is 14.6 Å². The zero-order valence-electron chi connectivity index (χ0n) is 9.71. The van der Waals surface area contributed by atoms with Gasteiger partial charge in [-0.3, -0.25) is 0 Å². The van der Waals surface area contributed by atoms with Crippen molar-refractivity contribution in [2.24, 2.45) is 0 Å². The van der Waals surface area contributed by atoms with Crippen LogP contribution in [0.3, 0.4) is 0 Å². The summed E-state index contributed by atoms with van der Waals surface area (Å²) in [6, 6.07) is 0. The third kappa shape index (κ3) is 2.76. The second-order valence-electron chi connectivity index (χ2n) is 4.18. The van der Waals surface area contributed by atoms with Crippen LogP contribution < -0.4 is 0 Å². The Morgan fingerprint density at radius 1 is 1.59 bits per heavy atom. The monoisotopic (exact) mass is 254 g/mol. The first-order valence-electron chi connectivity index (χ1n) is 5.42. The van der Waals surface area contributed by atoms with Gasteiger partial charge in [-0.15, -0.1) is 11.8 Å². The highest BCUT2D eigenvalue weighted by molar-refractivity contribution is 8.00. The molecular formula is C11H14N2O3S. The van der Waals surface area contributed by atoms with Crippen LogP contribution >= 0.6 is 11.8 Å². The van der Waals surface area contributed by atoms with E-state index in [4.69, 9.17) is 9.84 Å². The van der Waals surface area contributed by atoms with Crippen molar-refractivity contribution in [3.05, 3.63) is 17.7 Å². The molecule has 92 valence electrons. The fraction of sp³-hybridized carbons (Fsp3) is 0.545. The molecule has 0 spiro atoms. The van der Waals surface area contributed by atoms with E-state index < -0.39 is 5.97 Å². The van der Waals surface area contributed by atoms with Crippen molar-refractivity contribution in [2.75, 3.05) is 13.2 Å². The first-order chi connectivity index (χ1) is 8.08. The molecule has 1 N–H and O–H groups in total. The quantitative estimate of drug-likeness (QED) is 0.883. The SMILES string of the molecule is CC(C)c1ncc(SC2COC2)c(C(=O)O)n1. The number of aromatic nitrogens is 2. The summed E-state index contributed by atoms with van der Waals surface area (Å²) in [4.78, 5) is 20.1. The van der Waals surface area contributed by atoms with E-state index >= 15 is 0 Å². The van der Waals surface area contributed by atoms with E-state index in [1.54, 1.807) is 6.20 Å². The molecular weight excluding hydrogens is 240 g/mol. The maximum Gasteiger partial charge on any atom is 0.355 e. The molecule has 1 aliphatic heterocycles. The lowest BCUT2D eigenvalue weighted by atomic mass is 10.2. The third-order valence-electron chi connectivity index (χ3n) is 2.39. The number of aromatic carboxylic acids is 1. The van der Waals surface area contributed by atoms with Gasteiger partial charge in [-0.2, -0.15) is 0 Å². The second kappa shape index (κ2) is 5.01. The Bertz CT molecular complexity index is 433. The van der Waals surface area contributed by atoms with Crippen LogP contribution in [0.2, 0.25) is 0 Å². The topological polar surface area (TPSA) is 72.3 Å². The predicted molar refractivity (Wildman–Crippen MR) is 63.5 cm³/mol. The molecule has 1 aliphatic rings. The molecule has 2 rings (SSSR count). The minimum atomic E-state index is -1.00. The van der Waals surface area contributed by atoms with Gasteiger partial charge in [0.2, 0.25) is 0 Å². The highest BCUT2D eigenvalue weighted by Crippen LogP contribution is 2.30. The number of ether oxygens (including phenoxy) is 1. The summed E-state index contributed by atoms with van der Waals surface area (Å²) in [7, 11) is 0. The maximum absolute atomic E-state index is 11.1. The fourth-order valence-electron chi connectivity index (χ4n) is 1.36. The van der Waals surface area contributed by atoms with Crippen molar-refractivity contribution in [2.45, 2.75) is 29.9 Å². The number of hydrogen-bond donors (Lipinski definition) is 1. The van der Waals surface area contributed by atoms with E-state index in [0.29, 0.717) is 29.2 Å². The van der Waals surface area contributed by atoms with Crippen molar-refractivity contribution in [3.63, 3.8) is 0 Å². The molecule has 0 aromatic carbocycles. The first-order valence-corrected chi connectivity index (χ1v) is 6.30. The number of nitrogens with zero attached hydrogens (tertiary/aromatic N) is 2. The molecule has 0 saturated carbocycles. The summed E-state index contributed by atoms with van der Waals surface area (Å²) in [6.45, 7) is 5.20. The lowest BCUT2D eigenvalue weighted by molar-refractivity contribution is 0.0454. The number of carboxylic acids is 1. The van der Waals surface area contributed by atoms with Crippen LogP contribution in [0.4, 0.5) is 0 Å². The van der Waals surface area contributed by atoms with Crippen molar-refractivity contribution in [3.8, 4) is 0 Å². The summed E-state index contributed by atoms with van der Waals surface area (Å²) in [6.07, 6.45) is 1.61. The van der Waals surface area contributed by atoms with E-state index in [-0.39, 0.29) is 11.6 Å². The van der Waals surface area contributed by atoms with Gasteiger partial charge in [0.15, 0.2) is 5.69 Å². The summed E-state index contributed by atoms with van der Waals surface area (Å²) >= 11 is 1.47. The van der Waals surface area contributed by atoms with Gasteiger partial charge in [-0.1, -0.05) is 13.8 Å². The standard InChI is InChI=1S/C11H14N2O3S/c1-6(2)10-12-3-8(9(13-10)11(14)15)17-7-4-16-5-7/h3,6-7H,4-5H2,1-2H3,(H,14,15). The summed E-state index contributed by atoms with van der Waals surface area (Å²) in [5.74, 6) is -0.312.